The number of benzene rings is 1. The predicted octanol–water partition coefficient (Wildman–Crippen LogP) is 3.91. The van der Waals surface area contributed by atoms with Gasteiger partial charge in [-0.15, -0.1) is 0 Å². The molecule has 20 heavy (non-hydrogen) atoms. The smallest absolute Gasteiger partial charge is 0.126 e. The molecule has 1 N–H and O–H groups in total. The van der Waals surface area contributed by atoms with Crippen molar-refractivity contribution in [1.82, 2.24) is 9.88 Å². The van der Waals surface area contributed by atoms with Gasteiger partial charge >= 0.3 is 0 Å². The summed E-state index contributed by atoms with van der Waals surface area (Å²) in [6, 6.07) is 12.5. The van der Waals surface area contributed by atoms with Crippen LogP contribution in [0.4, 0.5) is 5.82 Å². The predicted molar refractivity (Wildman–Crippen MR) is 87.7 cm³/mol. The van der Waals surface area contributed by atoms with E-state index in [9.17, 15) is 0 Å². The Hall–Kier alpha value is -1.39. The fourth-order valence-corrected chi connectivity index (χ4v) is 2.55. The average molecular weight is 334 g/mol. The molecule has 0 unspecified atom stereocenters. The minimum absolute atomic E-state index is 0.892. The first-order valence-electron chi connectivity index (χ1n) is 6.79. The maximum absolute atomic E-state index is 4.30. The molecule has 1 heterocycles. The SMILES string of the molecule is CCNc1cc(CN(C)Cc2ccccc2Br)ccn1. The first kappa shape index (κ1) is 15.0. The van der Waals surface area contributed by atoms with E-state index in [0.29, 0.717) is 0 Å². The van der Waals surface area contributed by atoms with E-state index < -0.39 is 0 Å². The van der Waals surface area contributed by atoms with Crippen molar-refractivity contribution in [1.29, 1.82) is 0 Å². The zero-order chi connectivity index (χ0) is 14.4. The molecular formula is C16H20BrN3. The highest BCUT2D eigenvalue weighted by Gasteiger charge is 2.05. The summed E-state index contributed by atoms with van der Waals surface area (Å²) in [7, 11) is 2.13. The van der Waals surface area contributed by atoms with Gasteiger partial charge in [-0.25, -0.2) is 4.98 Å². The molecule has 0 spiro atoms. The molecule has 0 saturated carbocycles. The monoisotopic (exact) mass is 333 g/mol. The largest absolute Gasteiger partial charge is 0.370 e. The van der Waals surface area contributed by atoms with Gasteiger partial charge in [-0.3, -0.25) is 4.90 Å². The molecule has 0 radical (unpaired) electrons. The quantitative estimate of drug-likeness (QED) is 0.868. The van der Waals surface area contributed by atoms with Gasteiger partial charge in [-0.05, 0) is 43.3 Å². The molecule has 0 fully saturated rings. The van der Waals surface area contributed by atoms with Crippen molar-refractivity contribution in [3.8, 4) is 0 Å². The van der Waals surface area contributed by atoms with Gasteiger partial charge in [-0.1, -0.05) is 34.1 Å². The van der Waals surface area contributed by atoms with E-state index in [0.717, 1.165) is 29.9 Å². The van der Waals surface area contributed by atoms with Gasteiger partial charge in [0.1, 0.15) is 5.82 Å². The van der Waals surface area contributed by atoms with Crippen molar-refractivity contribution in [3.63, 3.8) is 0 Å². The van der Waals surface area contributed by atoms with E-state index in [1.165, 1.54) is 11.1 Å². The molecule has 0 atom stereocenters. The number of rotatable bonds is 6. The van der Waals surface area contributed by atoms with Crippen molar-refractivity contribution >= 4 is 21.7 Å². The highest BCUT2D eigenvalue weighted by atomic mass is 79.9. The summed E-state index contributed by atoms with van der Waals surface area (Å²) in [5.74, 6) is 0.944. The van der Waals surface area contributed by atoms with Crippen LogP contribution < -0.4 is 5.32 Å². The number of nitrogens with one attached hydrogen (secondary N) is 1. The fraction of sp³-hybridized carbons (Fsp3) is 0.312. The van der Waals surface area contributed by atoms with Gasteiger partial charge < -0.3 is 5.32 Å². The Bertz CT molecular complexity index is 557. The lowest BCUT2D eigenvalue weighted by molar-refractivity contribution is 0.318. The summed E-state index contributed by atoms with van der Waals surface area (Å²) in [5.41, 5.74) is 2.57. The molecule has 0 bridgehead atoms. The molecule has 1 aromatic heterocycles. The lowest BCUT2D eigenvalue weighted by atomic mass is 10.2. The third-order valence-electron chi connectivity index (χ3n) is 3.03. The summed E-state index contributed by atoms with van der Waals surface area (Å²) >= 11 is 3.60. The van der Waals surface area contributed by atoms with E-state index in [-0.39, 0.29) is 0 Å². The Morgan fingerprint density at radius 3 is 2.75 bits per heavy atom. The second-order valence-corrected chi connectivity index (χ2v) is 5.70. The molecule has 0 amide bonds. The summed E-state index contributed by atoms with van der Waals surface area (Å²) in [6.07, 6.45) is 1.86. The summed E-state index contributed by atoms with van der Waals surface area (Å²) in [6.45, 7) is 4.79. The Balaban J connectivity index is 1.99. The Morgan fingerprint density at radius 1 is 1.20 bits per heavy atom. The number of halogens is 1. The van der Waals surface area contributed by atoms with Gasteiger partial charge in [0, 0.05) is 30.3 Å². The highest BCUT2D eigenvalue weighted by Crippen LogP contribution is 2.18. The first-order valence-corrected chi connectivity index (χ1v) is 7.59. The van der Waals surface area contributed by atoms with Crippen molar-refractivity contribution in [3.05, 3.63) is 58.2 Å². The number of nitrogens with zero attached hydrogens (tertiary/aromatic N) is 2. The van der Waals surface area contributed by atoms with Crippen molar-refractivity contribution in [2.45, 2.75) is 20.0 Å². The molecule has 3 nitrogen and oxygen atoms in total. The van der Waals surface area contributed by atoms with Gasteiger partial charge in [-0.2, -0.15) is 0 Å². The van der Waals surface area contributed by atoms with Crippen LogP contribution in [0.25, 0.3) is 0 Å². The van der Waals surface area contributed by atoms with E-state index >= 15 is 0 Å². The first-order chi connectivity index (χ1) is 9.69. The normalized spacial score (nSPS) is 10.8. The van der Waals surface area contributed by atoms with Crippen molar-refractivity contribution in [2.75, 3.05) is 18.9 Å². The van der Waals surface area contributed by atoms with E-state index in [1.54, 1.807) is 0 Å². The third kappa shape index (κ3) is 4.32. The molecule has 106 valence electrons. The number of aromatic nitrogens is 1. The zero-order valence-electron chi connectivity index (χ0n) is 11.9. The molecule has 0 aliphatic heterocycles. The minimum atomic E-state index is 0.892. The second-order valence-electron chi connectivity index (χ2n) is 4.84. The van der Waals surface area contributed by atoms with Crippen LogP contribution in [0.5, 0.6) is 0 Å². The molecule has 1 aromatic carbocycles. The zero-order valence-corrected chi connectivity index (χ0v) is 13.5. The number of pyridine rings is 1. The standard InChI is InChI=1S/C16H20BrN3/c1-3-18-16-10-13(8-9-19-16)11-20(2)12-14-6-4-5-7-15(14)17/h4-10H,3,11-12H2,1-2H3,(H,18,19). The molecule has 0 aliphatic carbocycles. The third-order valence-corrected chi connectivity index (χ3v) is 3.81. The highest BCUT2D eigenvalue weighted by molar-refractivity contribution is 9.10. The molecular weight excluding hydrogens is 314 g/mol. The van der Waals surface area contributed by atoms with Crippen LogP contribution in [0, 0.1) is 0 Å². The van der Waals surface area contributed by atoms with E-state index in [4.69, 9.17) is 0 Å². The molecule has 0 aliphatic rings. The van der Waals surface area contributed by atoms with E-state index in [1.807, 2.05) is 12.3 Å². The summed E-state index contributed by atoms with van der Waals surface area (Å²) in [5, 5.41) is 3.24. The number of anilines is 1. The van der Waals surface area contributed by atoms with Gasteiger partial charge in [0.2, 0.25) is 0 Å². The topological polar surface area (TPSA) is 28.2 Å². The second kappa shape index (κ2) is 7.41. The lowest BCUT2D eigenvalue weighted by Gasteiger charge is -2.18. The Labute approximate surface area is 129 Å². The van der Waals surface area contributed by atoms with Crippen LogP contribution >= 0.6 is 15.9 Å². The van der Waals surface area contributed by atoms with Crippen LogP contribution in [-0.2, 0) is 13.1 Å². The summed E-state index contributed by atoms with van der Waals surface area (Å²) < 4.78 is 1.16. The van der Waals surface area contributed by atoms with Gasteiger partial charge in [0.15, 0.2) is 0 Å². The molecule has 2 aromatic rings. The van der Waals surface area contributed by atoms with Crippen LogP contribution in [0.15, 0.2) is 47.1 Å². The maximum atomic E-state index is 4.30. The molecule has 4 heteroatoms. The van der Waals surface area contributed by atoms with Gasteiger partial charge in [0.25, 0.3) is 0 Å². The van der Waals surface area contributed by atoms with Crippen molar-refractivity contribution < 1.29 is 0 Å². The number of hydrogen-bond donors (Lipinski definition) is 1. The van der Waals surface area contributed by atoms with Crippen LogP contribution in [0.1, 0.15) is 18.1 Å². The fourth-order valence-electron chi connectivity index (χ4n) is 2.14. The van der Waals surface area contributed by atoms with E-state index in [2.05, 4.69) is 75.4 Å². The van der Waals surface area contributed by atoms with Crippen LogP contribution in [0.3, 0.4) is 0 Å². The van der Waals surface area contributed by atoms with Crippen LogP contribution in [0.2, 0.25) is 0 Å². The van der Waals surface area contributed by atoms with Crippen LogP contribution in [-0.4, -0.2) is 23.5 Å². The molecule has 0 saturated heterocycles. The van der Waals surface area contributed by atoms with Gasteiger partial charge in [0.05, 0.1) is 0 Å². The average Bonchev–Trinajstić information content (AvgIpc) is 2.42. The Morgan fingerprint density at radius 2 is 2.00 bits per heavy atom. The Kier molecular flexibility index (Phi) is 5.56. The minimum Gasteiger partial charge on any atom is -0.370 e. The molecule has 2 rings (SSSR count). The number of hydrogen-bond acceptors (Lipinski definition) is 3. The lowest BCUT2D eigenvalue weighted by Crippen LogP contribution is -2.17. The summed E-state index contributed by atoms with van der Waals surface area (Å²) in [4.78, 5) is 6.59. The van der Waals surface area contributed by atoms with Crippen molar-refractivity contribution in [2.24, 2.45) is 0 Å². The maximum Gasteiger partial charge on any atom is 0.126 e.